The molecule has 0 aliphatic carbocycles. The standard InChI is InChI=1S/C20H21ClN2O3/c1-13(15-5-3-2-4-6-15)22-19(24)18-12-26-20(25)17(23-18)11-14-7-9-16(21)10-8-14/h2-10,13,17-18,23H,11-12H2,1H3,(H,22,24)/t13-,17-,18+/m0/s1. The molecule has 0 radical (unpaired) electrons. The summed E-state index contributed by atoms with van der Waals surface area (Å²) in [4.78, 5) is 24.6. The highest BCUT2D eigenvalue weighted by atomic mass is 35.5. The van der Waals surface area contributed by atoms with Crippen molar-refractivity contribution in [1.29, 1.82) is 0 Å². The van der Waals surface area contributed by atoms with Crippen molar-refractivity contribution in [3.8, 4) is 0 Å². The van der Waals surface area contributed by atoms with Crippen LogP contribution >= 0.6 is 11.6 Å². The molecule has 0 unspecified atom stereocenters. The molecule has 0 aromatic heterocycles. The van der Waals surface area contributed by atoms with Gasteiger partial charge in [-0.2, -0.15) is 0 Å². The molecular weight excluding hydrogens is 352 g/mol. The zero-order valence-electron chi connectivity index (χ0n) is 14.4. The first-order valence-electron chi connectivity index (χ1n) is 8.55. The summed E-state index contributed by atoms with van der Waals surface area (Å²) in [6.07, 6.45) is 0.439. The minimum atomic E-state index is -0.573. The van der Waals surface area contributed by atoms with Crippen LogP contribution in [0, 0.1) is 0 Å². The molecule has 1 heterocycles. The molecule has 2 aromatic carbocycles. The van der Waals surface area contributed by atoms with Crippen molar-refractivity contribution in [2.45, 2.75) is 31.5 Å². The summed E-state index contributed by atoms with van der Waals surface area (Å²) in [5.74, 6) is -0.532. The maximum Gasteiger partial charge on any atom is 0.323 e. The second-order valence-corrected chi connectivity index (χ2v) is 6.81. The molecule has 2 aromatic rings. The molecule has 1 aliphatic rings. The minimum absolute atomic E-state index is 0.0310. The van der Waals surface area contributed by atoms with Crippen LogP contribution in [0.15, 0.2) is 54.6 Å². The number of rotatable bonds is 5. The van der Waals surface area contributed by atoms with Gasteiger partial charge in [0.1, 0.15) is 18.7 Å². The molecule has 1 amide bonds. The number of carbonyl (C=O) groups excluding carboxylic acids is 2. The van der Waals surface area contributed by atoms with Crippen molar-refractivity contribution in [3.63, 3.8) is 0 Å². The van der Waals surface area contributed by atoms with E-state index in [0.29, 0.717) is 11.4 Å². The summed E-state index contributed by atoms with van der Waals surface area (Å²) < 4.78 is 5.22. The topological polar surface area (TPSA) is 67.4 Å². The first-order valence-corrected chi connectivity index (χ1v) is 8.93. The van der Waals surface area contributed by atoms with E-state index >= 15 is 0 Å². The average molecular weight is 373 g/mol. The number of amides is 1. The Morgan fingerprint density at radius 2 is 1.92 bits per heavy atom. The van der Waals surface area contributed by atoms with Crippen LogP contribution in [-0.4, -0.2) is 30.6 Å². The van der Waals surface area contributed by atoms with Crippen LogP contribution in [0.4, 0.5) is 0 Å². The smallest absolute Gasteiger partial charge is 0.323 e. The lowest BCUT2D eigenvalue weighted by Gasteiger charge is -2.30. The van der Waals surface area contributed by atoms with Gasteiger partial charge in [0.15, 0.2) is 0 Å². The maximum atomic E-state index is 12.5. The highest BCUT2D eigenvalue weighted by Gasteiger charge is 2.34. The molecule has 2 N–H and O–H groups in total. The monoisotopic (exact) mass is 372 g/mol. The summed E-state index contributed by atoms with van der Waals surface area (Å²) in [5.41, 5.74) is 1.97. The largest absolute Gasteiger partial charge is 0.462 e. The first kappa shape index (κ1) is 18.4. The number of ether oxygens (including phenoxy) is 1. The summed E-state index contributed by atoms with van der Waals surface area (Å²) in [6, 6.07) is 15.7. The zero-order chi connectivity index (χ0) is 18.5. The minimum Gasteiger partial charge on any atom is -0.462 e. The normalized spacial score (nSPS) is 20.9. The van der Waals surface area contributed by atoms with Gasteiger partial charge in [0.25, 0.3) is 0 Å². The summed E-state index contributed by atoms with van der Waals surface area (Å²) in [5, 5.41) is 6.70. The van der Waals surface area contributed by atoms with Crippen LogP contribution in [-0.2, 0) is 20.7 Å². The Morgan fingerprint density at radius 1 is 1.23 bits per heavy atom. The number of cyclic esters (lactones) is 1. The van der Waals surface area contributed by atoms with Crippen LogP contribution in [0.1, 0.15) is 24.1 Å². The molecule has 26 heavy (non-hydrogen) atoms. The quantitative estimate of drug-likeness (QED) is 0.792. The molecule has 136 valence electrons. The number of carbonyl (C=O) groups is 2. The SMILES string of the molecule is C[C@H](NC(=O)[C@H]1COC(=O)[C@H](Cc2ccc(Cl)cc2)N1)c1ccccc1. The molecule has 0 saturated carbocycles. The summed E-state index contributed by atoms with van der Waals surface area (Å²) in [7, 11) is 0. The second-order valence-electron chi connectivity index (χ2n) is 6.37. The van der Waals surface area contributed by atoms with Crippen LogP contribution in [0.2, 0.25) is 5.02 Å². The molecule has 3 atom stereocenters. The highest BCUT2D eigenvalue weighted by Crippen LogP contribution is 2.15. The van der Waals surface area contributed by atoms with E-state index in [1.807, 2.05) is 49.4 Å². The second kappa shape index (κ2) is 8.34. The number of halogens is 1. The van der Waals surface area contributed by atoms with Crippen molar-refractivity contribution in [3.05, 3.63) is 70.7 Å². The van der Waals surface area contributed by atoms with Gasteiger partial charge in [0.2, 0.25) is 5.91 Å². The Bertz CT molecular complexity index is 764. The average Bonchev–Trinajstić information content (AvgIpc) is 2.66. The summed E-state index contributed by atoms with van der Waals surface area (Å²) in [6.45, 7) is 1.95. The van der Waals surface area contributed by atoms with Crippen molar-refractivity contribution in [2.24, 2.45) is 0 Å². The van der Waals surface area contributed by atoms with Gasteiger partial charge in [-0.05, 0) is 36.6 Å². The Morgan fingerprint density at radius 3 is 2.62 bits per heavy atom. The fraction of sp³-hybridized carbons (Fsp3) is 0.300. The van der Waals surface area contributed by atoms with E-state index in [1.165, 1.54) is 0 Å². The van der Waals surface area contributed by atoms with Crippen LogP contribution in [0.25, 0.3) is 0 Å². The van der Waals surface area contributed by atoms with Crippen molar-refractivity contribution in [1.82, 2.24) is 10.6 Å². The Labute approximate surface area is 157 Å². The predicted molar refractivity (Wildman–Crippen MR) is 99.8 cm³/mol. The lowest BCUT2D eigenvalue weighted by Crippen LogP contribution is -2.58. The molecule has 5 nitrogen and oxygen atoms in total. The Balaban J connectivity index is 1.60. The fourth-order valence-electron chi connectivity index (χ4n) is 2.91. The van der Waals surface area contributed by atoms with Crippen LogP contribution in [0.5, 0.6) is 0 Å². The third-order valence-electron chi connectivity index (χ3n) is 4.41. The molecule has 6 heteroatoms. The highest BCUT2D eigenvalue weighted by molar-refractivity contribution is 6.30. The molecule has 0 spiro atoms. The van der Waals surface area contributed by atoms with Gasteiger partial charge >= 0.3 is 5.97 Å². The van der Waals surface area contributed by atoms with E-state index in [1.54, 1.807) is 12.1 Å². The molecule has 1 fully saturated rings. The van der Waals surface area contributed by atoms with Gasteiger partial charge in [-0.25, -0.2) is 0 Å². The number of nitrogens with one attached hydrogen (secondary N) is 2. The van der Waals surface area contributed by atoms with E-state index in [4.69, 9.17) is 16.3 Å². The van der Waals surface area contributed by atoms with E-state index in [2.05, 4.69) is 10.6 Å². The van der Waals surface area contributed by atoms with E-state index < -0.39 is 12.1 Å². The number of hydrogen-bond acceptors (Lipinski definition) is 4. The molecular formula is C20H21ClN2O3. The lowest BCUT2D eigenvalue weighted by atomic mass is 10.0. The van der Waals surface area contributed by atoms with Gasteiger partial charge in [-0.15, -0.1) is 0 Å². The summed E-state index contributed by atoms with van der Waals surface area (Å²) >= 11 is 5.89. The number of esters is 1. The number of benzene rings is 2. The van der Waals surface area contributed by atoms with E-state index in [-0.39, 0.29) is 24.5 Å². The Kier molecular flexibility index (Phi) is 5.91. The van der Waals surface area contributed by atoms with Crippen molar-refractivity contribution < 1.29 is 14.3 Å². The van der Waals surface area contributed by atoms with Crippen molar-refractivity contribution in [2.75, 3.05) is 6.61 Å². The molecule has 0 bridgehead atoms. The third-order valence-corrected chi connectivity index (χ3v) is 4.66. The first-order chi connectivity index (χ1) is 12.5. The fourth-order valence-corrected chi connectivity index (χ4v) is 3.04. The molecule has 1 aliphatic heterocycles. The van der Waals surface area contributed by atoms with Gasteiger partial charge in [0.05, 0.1) is 6.04 Å². The van der Waals surface area contributed by atoms with Gasteiger partial charge in [-0.1, -0.05) is 54.1 Å². The van der Waals surface area contributed by atoms with E-state index in [0.717, 1.165) is 11.1 Å². The van der Waals surface area contributed by atoms with Crippen LogP contribution in [0.3, 0.4) is 0 Å². The number of morpholine rings is 1. The zero-order valence-corrected chi connectivity index (χ0v) is 15.2. The molecule has 3 rings (SSSR count). The van der Waals surface area contributed by atoms with Gasteiger partial charge in [0, 0.05) is 5.02 Å². The number of hydrogen-bond donors (Lipinski definition) is 2. The Hall–Kier alpha value is -2.37. The van der Waals surface area contributed by atoms with Gasteiger partial charge in [-0.3, -0.25) is 14.9 Å². The predicted octanol–water partition coefficient (Wildman–Crippen LogP) is 2.64. The molecule has 1 saturated heterocycles. The third kappa shape index (κ3) is 4.62. The maximum absolute atomic E-state index is 12.5. The van der Waals surface area contributed by atoms with Crippen molar-refractivity contribution >= 4 is 23.5 Å². The van der Waals surface area contributed by atoms with Crippen LogP contribution < -0.4 is 10.6 Å². The lowest BCUT2D eigenvalue weighted by molar-refractivity contribution is -0.153. The van der Waals surface area contributed by atoms with Gasteiger partial charge < -0.3 is 10.1 Å². The van der Waals surface area contributed by atoms with E-state index in [9.17, 15) is 9.59 Å².